The van der Waals surface area contributed by atoms with Crippen LogP contribution in [0, 0.1) is 18.3 Å². The molecule has 30 heavy (non-hydrogen) atoms. The summed E-state index contributed by atoms with van der Waals surface area (Å²) in [5.74, 6) is 0.217. The Morgan fingerprint density at radius 3 is 2.87 bits per heavy atom. The predicted octanol–water partition coefficient (Wildman–Crippen LogP) is 3.33. The quantitative estimate of drug-likeness (QED) is 0.733. The van der Waals surface area contributed by atoms with Gasteiger partial charge in [-0.05, 0) is 38.0 Å². The van der Waals surface area contributed by atoms with E-state index in [2.05, 4.69) is 22.0 Å². The van der Waals surface area contributed by atoms with Crippen LogP contribution in [0.25, 0.3) is 0 Å². The van der Waals surface area contributed by atoms with Gasteiger partial charge in [0.05, 0.1) is 31.2 Å². The summed E-state index contributed by atoms with van der Waals surface area (Å²) in [6.45, 7) is 3.03. The van der Waals surface area contributed by atoms with Gasteiger partial charge in [0.25, 0.3) is 5.56 Å². The Labute approximate surface area is 182 Å². The summed E-state index contributed by atoms with van der Waals surface area (Å²) in [7, 11) is 1.55. The molecular weight excluding hydrogens is 450 g/mol. The maximum absolute atomic E-state index is 13.7. The minimum atomic E-state index is -0.699. The average molecular weight is 472 g/mol. The zero-order valence-electron chi connectivity index (χ0n) is 16.8. The van der Waals surface area contributed by atoms with E-state index in [1.165, 1.54) is 0 Å². The van der Waals surface area contributed by atoms with E-state index < -0.39 is 5.92 Å². The Balaban J connectivity index is 1.94. The third-order valence-corrected chi connectivity index (χ3v) is 6.10. The highest BCUT2D eigenvalue weighted by Gasteiger charge is 2.36. The number of nitrogens with two attached hydrogens (primary N) is 1. The Kier molecular flexibility index (Phi) is 5.58. The van der Waals surface area contributed by atoms with E-state index in [9.17, 15) is 10.1 Å². The number of hydrogen-bond acceptors (Lipinski definition) is 6. The highest BCUT2D eigenvalue weighted by atomic mass is 79.9. The third-order valence-electron chi connectivity index (χ3n) is 5.60. The molecule has 1 fully saturated rings. The largest absolute Gasteiger partial charge is 0.496 e. The summed E-state index contributed by atoms with van der Waals surface area (Å²) in [5.41, 5.74) is 7.85. The molecule has 1 aromatic heterocycles. The van der Waals surface area contributed by atoms with Gasteiger partial charge in [0, 0.05) is 28.4 Å². The fraction of sp³-hybridized carbons (Fsp3) is 0.364. The lowest BCUT2D eigenvalue weighted by Crippen LogP contribution is -2.35. The summed E-state index contributed by atoms with van der Waals surface area (Å²) in [6.07, 6.45) is 1.90. The van der Waals surface area contributed by atoms with Crippen molar-refractivity contribution in [3.63, 3.8) is 0 Å². The molecule has 2 aromatic rings. The maximum atomic E-state index is 13.7. The number of nitriles is 1. The van der Waals surface area contributed by atoms with Crippen LogP contribution in [0.4, 0.5) is 0 Å². The van der Waals surface area contributed by atoms with Gasteiger partial charge in [-0.25, -0.2) is 0 Å². The van der Waals surface area contributed by atoms with Gasteiger partial charge in [-0.15, -0.1) is 0 Å². The highest BCUT2D eigenvalue weighted by molar-refractivity contribution is 9.10. The molecule has 0 bridgehead atoms. The Hall–Kier alpha value is -2.76. The molecule has 4 rings (SSSR count). The molecule has 0 saturated carbocycles. The summed E-state index contributed by atoms with van der Waals surface area (Å²) in [6, 6.07) is 9.40. The van der Waals surface area contributed by atoms with Crippen LogP contribution in [0.2, 0.25) is 0 Å². The van der Waals surface area contributed by atoms with Crippen LogP contribution in [0.5, 0.6) is 11.5 Å². The zero-order valence-corrected chi connectivity index (χ0v) is 18.4. The van der Waals surface area contributed by atoms with E-state index in [4.69, 9.17) is 19.9 Å². The number of allylic oxidation sites excluding steroid dienone is 1. The lowest BCUT2D eigenvalue weighted by molar-refractivity contribution is 0.0954. The number of aromatic nitrogens is 1. The minimum absolute atomic E-state index is 0.00105. The number of aryl methyl sites for hydroxylation is 1. The molecule has 3 heterocycles. The maximum Gasteiger partial charge on any atom is 0.258 e. The minimum Gasteiger partial charge on any atom is -0.496 e. The van der Waals surface area contributed by atoms with Gasteiger partial charge < -0.3 is 24.5 Å². The molecule has 1 aromatic carbocycles. The Morgan fingerprint density at radius 2 is 2.20 bits per heavy atom. The first-order valence-corrected chi connectivity index (χ1v) is 10.5. The lowest BCUT2D eigenvalue weighted by atomic mass is 9.83. The molecule has 2 aliphatic rings. The van der Waals surface area contributed by atoms with Crippen LogP contribution in [-0.2, 0) is 11.3 Å². The zero-order chi connectivity index (χ0) is 21.4. The second-order valence-corrected chi connectivity index (χ2v) is 8.34. The van der Waals surface area contributed by atoms with Gasteiger partial charge in [-0.2, -0.15) is 5.26 Å². The second kappa shape index (κ2) is 8.17. The Bertz CT molecular complexity index is 1130. The van der Waals surface area contributed by atoms with Crippen LogP contribution in [0.1, 0.15) is 35.6 Å². The number of hydrogen-bond donors (Lipinski definition) is 1. The van der Waals surface area contributed by atoms with Crippen molar-refractivity contribution in [1.82, 2.24) is 4.57 Å². The van der Waals surface area contributed by atoms with Crippen molar-refractivity contribution in [3.8, 4) is 17.6 Å². The molecule has 0 amide bonds. The summed E-state index contributed by atoms with van der Waals surface area (Å²) in [4.78, 5) is 13.7. The van der Waals surface area contributed by atoms with E-state index in [0.717, 1.165) is 23.0 Å². The second-order valence-electron chi connectivity index (χ2n) is 7.43. The van der Waals surface area contributed by atoms with Gasteiger partial charge in [-0.1, -0.05) is 15.9 Å². The molecule has 0 spiro atoms. The van der Waals surface area contributed by atoms with Crippen molar-refractivity contribution in [3.05, 3.63) is 67.4 Å². The molecule has 1 saturated heterocycles. The van der Waals surface area contributed by atoms with Crippen molar-refractivity contribution in [2.45, 2.75) is 38.3 Å². The van der Waals surface area contributed by atoms with E-state index in [1.54, 1.807) is 23.8 Å². The van der Waals surface area contributed by atoms with Crippen LogP contribution in [0.3, 0.4) is 0 Å². The number of pyridine rings is 1. The van der Waals surface area contributed by atoms with Crippen LogP contribution < -0.4 is 20.8 Å². The van der Waals surface area contributed by atoms with Gasteiger partial charge in [-0.3, -0.25) is 4.79 Å². The predicted molar refractivity (Wildman–Crippen MR) is 114 cm³/mol. The SMILES string of the molecule is COc1ccc(Br)cc1[C@H]1C(C#N)=C(N)Oc2cc(C)n(C[C@@H]3CCCO3)c(=O)c21. The van der Waals surface area contributed by atoms with E-state index in [-0.39, 0.29) is 23.1 Å². The molecule has 0 unspecified atom stereocenters. The molecule has 2 aliphatic heterocycles. The number of fused-ring (bicyclic) bond motifs is 1. The summed E-state index contributed by atoms with van der Waals surface area (Å²) in [5, 5.41) is 9.85. The van der Waals surface area contributed by atoms with Crippen molar-refractivity contribution in [2.24, 2.45) is 5.73 Å². The van der Waals surface area contributed by atoms with Crippen molar-refractivity contribution >= 4 is 15.9 Å². The molecule has 0 aliphatic carbocycles. The first-order valence-electron chi connectivity index (χ1n) is 9.71. The Morgan fingerprint density at radius 1 is 1.40 bits per heavy atom. The molecule has 0 radical (unpaired) electrons. The number of ether oxygens (including phenoxy) is 3. The fourth-order valence-electron chi connectivity index (χ4n) is 4.15. The molecule has 2 atom stereocenters. The topological polar surface area (TPSA) is 99.5 Å². The normalized spacial score (nSPS) is 20.5. The van der Waals surface area contributed by atoms with Crippen LogP contribution in [0.15, 0.2) is 45.0 Å². The number of nitrogens with zero attached hydrogens (tertiary/aromatic N) is 2. The number of halogens is 1. The number of benzene rings is 1. The lowest BCUT2D eigenvalue weighted by Gasteiger charge is -2.28. The molecule has 7 nitrogen and oxygen atoms in total. The fourth-order valence-corrected chi connectivity index (χ4v) is 4.53. The van der Waals surface area contributed by atoms with Gasteiger partial charge in [0.15, 0.2) is 0 Å². The standard InChI is InChI=1S/C22H22BrN3O4/c1-12-8-18-20(22(27)26(12)11-14-4-3-7-29-14)19(16(10-24)21(25)30-18)15-9-13(23)5-6-17(15)28-2/h5-6,8-9,14,19H,3-4,7,11,25H2,1-2H3/t14-,19-/m0/s1. The molecule has 156 valence electrons. The van der Waals surface area contributed by atoms with Crippen molar-refractivity contribution in [2.75, 3.05) is 13.7 Å². The van der Waals surface area contributed by atoms with Gasteiger partial charge in [0.2, 0.25) is 5.88 Å². The summed E-state index contributed by atoms with van der Waals surface area (Å²) < 4.78 is 19.5. The monoisotopic (exact) mass is 471 g/mol. The van der Waals surface area contributed by atoms with E-state index >= 15 is 0 Å². The first-order chi connectivity index (χ1) is 14.4. The van der Waals surface area contributed by atoms with Crippen LogP contribution >= 0.6 is 15.9 Å². The number of methoxy groups -OCH3 is 1. The molecule has 2 N–H and O–H groups in total. The van der Waals surface area contributed by atoms with Gasteiger partial charge >= 0.3 is 0 Å². The average Bonchev–Trinajstić information content (AvgIpc) is 3.23. The van der Waals surface area contributed by atoms with E-state index in [0.29, 0.717) is 35.8 Å². The first kappa shape index (κ1) is 20.5. The highest BCUT2D eigenvalue weighted by Crippen LogP contribution is 2.44. The van der Waals surface area contributed by atoms with E-state index in [1.807, 2.05) is 19.1 Å². The smallest absolute Gasteiger partial charge is 0.258 e. The van der Waals surface area contributed by atoms with Crippen LogP contribution in [-0.4, -0.2) is 24.4 Å². The summed E-state index contributed by atoms with van der Waals surface area (Å²) >= 11 is 3.48. The van der Waals surface area contributed by atoms with Crippen molar-refractivity contribution in [1.29, 1.82) is 5.26 Å². The number of rotatable bonds is 4. The molecule has 8 heteroatoms. The third kappa shape index (κ3) is 3.48. The van der Waals surface area contributed by atoms with Gasteiger partial charge in [0.1, 0.15) is 23.1 Å². The van der Waals surface area contributed by atoms with Crippen molar-refractivity contribution < 1.29 is 14.2 Å². The molecular formula is C22H22BrN3O4.